The fraction of sp³-hybridized carbons (Fsp3) is 0.120. The summed E-state index contributed by atoms with van der Waals surface area (Å²) in [6, 6.07) is 17.3. The second-order valence-electron chi connectivity index (χ2n) is 7.10. The molecule has 5 nitrogen and oxygen atoms in total. The van der Waals surface area contributed by atoms with Crippen LogP contribution in [0.2, 0.25) is 0 Å². The Morgan fingerprint density at radius 2 is 1.56 bits per heavy atom. The summed E-state index contributed by atoms with van der Waals surface area (Å²) in [4.78, 5) is 26.1. The van der Waals surface area contributed by atoms with Crippen molar-refractivity contribution in [3.8, 4) is 5.75 Å². The Kier molecular flexibility index (Phi) is 5.98. The average molecular weight is 435 g/mol. The fourth-order valence-electron chi connectivity index (χ4n) is 3.27. The van der Waals surface area contributed by atoms with E-state index in [0.717, 1.165) is 0 Å². The Morgan fingerprint density at radius 3 is 2.22 bits per heavy atom. The van der Waals surface area contributed by atoms with Crippen LogP contribution in [0.15, 0.2) is 77.2 Å². The summed E-state index contributed by atoms with van der Waals surface area (Å²) >= 11 is 0. The number of carbonyl (C=O) groups excluding carboxylic acids is 2. The van der Waals surface area contributed by atoms with Crippen LogP contribution in [0.25, 0.3) is 11.0 Å². The molecule has 0 fully saturated rings. The molecule has 4 aromatic rings. The highest BCUT2D eigenvalue weighted by Crippen LogP contribution is 2.33. The minimum atomic E-state index is -0.886. The van der Waals surface area contributed by atoms with Gasteiger partial charge in [-0.05, 0) is 67.1 Å². The molecular formula is C25H19F2NO4. The summed E-state index contributed by atoms with van der Waals surface area (Å²) in [7, 11) is 0. The molecule has 0 unspecified atom stereocenters. The number of amides is 1. The molecule has 7 heteroatoms. The van der Waals surface area contributed by atoms with E-state index in [1.54, 1.807) is 31.2 Å². The smallest absolute Gasteiger partial charge is 0.265 e. The lowest BCUT2D eigenvalue weighted by Crippen LogP contribution is -2.32. The maximum atomic E-state index is 13.3. The van der Waals surface area contributed by atoms with Gasteiger partial charge in [0, 0.05) is 10.9 Å². The molecule has 0 saturated heterocycles. The SMILES string of the molecule is CC[C@H](Oc1ccc(F)cc1)C(=O)Nc1c(C(=O)c2ccc(F)cc2)oc2ccccc12. The van der Waals surface area contributed by atoms with Crippen LogP contribution >= 0.6 is 0 Å². The summed E-state index contributed by atoms with van der Waals surface area (Å²) in [5.41, 5.74) is 0.845. The van der Waals surface area contributed by atoms with Crippen LogP contribution in [0, 0.1) is 11.6 Å². The molecule has 0 spiro atoms. The molecule has 0 bridgehead atoms. The summed E-state index contributed by atoms with van der Waals surface area (Å²) in [6.45, 7) is 1.77. The van der Waals surface area contributed by atoms with Crippen molar-refractivity contribution in [3.63, 3.8) is 0 Å². The van der Waals surface area contributed by atoms with Crippen LogP contribution in [-0.4, -0.2) is 17.8 Å². The number of ketones is 1. The molecule has 1 aromatic heterocycles. The van der Waals surface area contributed by atoms with Crippen LogP contribution in [0.3, 0.4) is 0 Å². The van der Waals surface area contributed by atoms with Gasteiger partial charge in [-0.25, -0.2) is 8.78 Å². The van der Waals surface area contributed by atoms with Crippen LogP contribution in [0.1, 0.15) is 29.5 Å². The number of hydrogen-bond donors (Lipinski definition) is 1. The van der Waals surface area contributed by atoms with Crippen LogP contribution in [-0.2, 0) is 4.79 Å². The Bertz CT molecular complexity index is 1260. The second kappa shape index (κ2) is 9.01. The van der Waals surface area contributed by atoms with Crippen molar-refractivity contribution in [2.45, 2.75) is 19.4 Å². The number of anilines is 1. The highest BCUT2D eigenvalue weighted by atomic mass is 19.1. The number of hydrogen-bond acceptors (Lipinski definition) is 4. The number of rotatable bonds is 7. The number of fused-ring (bicyclic) bond motifs is 1. The molecule has 0 aliphatic rings. The number of para-hydroxylation sites is 1. The number of nitrogens with one attached hydrogen (secondary N) is 1. The highest BCUT2D eigenvalue weighted by Gasteiger charge is 2.26. The van der Waals surface area contributed by atoms with E-state index in [1.165, 1.54) is 48.5 Å². The Labute approximate surface area is 182 Å². The predicted octanol–water partition coefficient (Wildman–Crippen LogP) is 5.74. The lowest BCUT2D eigenvalue weighted by molar-refractivity contribution is -0.122. The molecule has 0 aliphatic heterocycles. The molecule has 1 N–H and O–H groups in total. The molecule has 0 aliphatic carbocycles. The van der Waals surface area contributed by atoms with Gasteiger partial charge in [-0.15, -0.1) is 0 Å². The first-order valence-corrected chi connectivity index (χ1v) is 10.0. The maximum absolute atomic E-state index is 13.3. The number of halogens is 2. The number of carbonyl (C=O) groups is 2. The molecule has 32 heavy (non-hydrogen) atoms. The first kappa shape index (κ1) is 21.2. The van der Waals surface area contributed by atoms with E-state index in [4.69, 9.17) is 9.15 Å². The molecule has 0 radical (unpaired) electrons. The Hall–Kier alpha value is -4.00. The van der Waals surface area contributed by atoms with Gasteiger partial charge in [0.2, 0.25) is 5.78 Å². The van der Waals surface area contributed by atoms with E-state index in [9.17, 15) is 18.4 Å². The minimum absolute atomic E-state index is 0.0669. The molecule has 1 atom stereocenters. The first-order chi connectivity index (χ1) is 15.5. The van der Waals surface area contributed by atoms with E-state index in [-0.39, 0.29) is 17.0 Å². The standard InChI is InChI=1S/C25H19F2NO4/c1-2-20(31-18-13-11-17(27)12-14-18)25(30)28-22-19-5-3-4-6-21(19)32-24(22)23(29)15-7-9-16(26)10-8-15/h3-14,20H,2H2,1H3,(H,28,30)/t20-/m0/s1. The van der Waals surface area contributed by atoms with Crippen molar-refractivity contribution in [2.75, 3.05) is 5.32 Å². The monoisotopic (exact) mass is 435 g/mol. The molecule has 4 rings (SSSR count). The van der Waals surface area contributed by atoms with Gasteiger partial charge in [-0.2, -0.15) is 0 Å². The van der Waals surface area contributed by atoms with Gasteiger partial charge in [0.15, 0.2) is 11.9 Å². The van der Waals surface area contributed by atoms with E-state index >= 15 is 0 Å². The van der Waals surface area contributed by atoms with Gasteiger partial charge in [-0.1, -0.05) is 19.1 Å². The molecular weight excluding hydrogens is 416 g/mol. The van der Waals surface area contributed by atoms with Crippen molar-refractivity contribution in [1.82, 2.24) is 0 Å². The average Bonchev–Trinajstić information content (AvgIpc) is 3.17. The van der Waals surface area contributed by atoms with E-state index < -0.39 is 29.4 Å². The molecule has 162 valence electrons. The van der Waals surface area contributed by atoms with Crippen molar-refractivity contribution < 1.29 is 27.5 Å². The van der Waals surface area contributed by atoms with Crippen molar-refractivity contribution in [1.29, 1.82) is 0 Å². The minimum Gasteiger partial charge on any atom is -0.481 e. The lowest BCUT2D eigenvalue weighted by Gasteiger charge is -2.17. The van der Waals surface area contributed by atoms with Crippen LogP contribution < -0.4 is 10.1 Å². The van der Waals surface area contributed by atoms with Gasteiger partial charge >= 0.3 is 0 Å². The Balaban J connectivity index is 1.65. The quantitative estimate of drug-likeness (QED) is 0.376. The van der Waals surface area contributed by atoms with E-state index in [1.807, 2.05) is 0 Å². The second-order valence-corrected chi connectivity index (χ2v) is 7.10. The molecule has 0 saturated carbocycles. The number of furan rings is 1. The third kappa shape index (κ3) is 4.37. The summed E-state index contributed by atoms with van der Waals surface area (Å²) in [5.74, 6) is -1.59. The molecule has 1 amide bonds. The van der Waals surface area contributed by atoms with Crippen molar-refractivity contribution >= 4 is 28.3 Å². The maximum Gasteiger partial charge on any atom is 0.265 e. The number of benzene rings is 3. The topological polar surface area (TPSA) is 68.5 Å². The first-order valence-electron chi connectivity index (χ1n) is 10.0. The van der Waals surface area contributed by atoms with Gasteiger partial charge in [0.05, 0.1) is 5.69 Å². The van der Waals surface area contributed by atoms with Gasteiger partial charge in [-0.3, -0.25) is 9.59 Å². The summed E-state index contributed by atoms with van der Waals surface area (Å²) in [6.07, 6.45) is -0.553. The number of ether oxygens (including phenoxy) is 1. The Morgan fingerprint density at radius 1 is 0.938 bits per heavy atom. The van der Waals surface area contributed by atoms with E-state index in [2.05, 4.69) is 5.32 Å². The zero-order valence-corrected chi connectivity index (χ0v) is 17.1. The van der Waals surface area contributed by atoms with Gasteiger partial charge in [0.1, 0.15) is 23.0 Å². The third-order valence-electron chi connectivity index (χ3n) is 4.91. The molecule has 1 heterocycles. The van der Waals surface area contributed by atoms with Crippen LogP contribution in [0.4, 0.5) is 14.5 Å². The van der Waals surface area contributed by atoms with Crippen molar-refractivity contribution in [3.05, 3.63) is 95.8 Å². The van der Waals surface area contributed by atoms with Crippen LogP contribution in [0.5, 0.6) is 5.75 Å². The van der Waals surface area contributed by atoms with Gasteiger partial charge in [0.25, 0.3) is 5.91 Å². The lowest BCUT2D eigenvalue weighted by atomic mass is 10.1. The molecule has 3 aromatic carbocycles. The van der Waals surface area contributed by atoms with E-state index in [0.29, 0.717) is 23.1 Å². The zero-order chi connectivity index (χ0) is 22.7. The van der Waals surface area contributed by atoms with Gasteiger partial charge < -0.3 is 14.5 Å². The highest BCUT2D eigenvalue weighted by molar-refractivity contribution is 6.17. The fourth-order valence-corrected chi connectivity index (χ4v) is 3.27. The zero-order valence-electron chi connectivity index (χ0n) is 17.1. The summed E-state index contributed by atoms with van der Waals surface area (Å²) < 4.78 is 37.9. The largest absolute Gasteiger partial charge is 0.481 e. The summed E-state index contributed by atoms with van der Waals surface area (Å²) in [5, 5.41) is 3.30. The normalized spacial score (nSPS) is 11.8. The van der Waals surface area contributed by atoms with Crippen molar-refractivity contribution in [2.24, 2.45) is 0 Å². The predicted molar refractivity (Wildman–Crippen MR) is 116 cm³/mol. The third-order valence-corrected chi connectivity index (χ3v) is 4.91.